The number of nitrogens with one attached hydrogen (secondary N) is 1. The Bertz CT molecular complexity index is 88.4. The Kier molecular flexibility index (Phi) is 8.81. The molecule has 0 aromatic rings. The number of hydrogen-bond acceptors (Lipinski definition) is 4. The third kappa shape index (κ3) is 9.84. The molecule has 0 aliphatic carbocycles. The molecule has 0 aliphatic heterocycles. The predicted molar refractivity (Wildman–Crippen MR) is 47.1 cm³/mol. The molecule has 1 atom stereocenters. The van der Waals surface area contributed by atoms with Crippen LogP contribution in [0.25, 0.3) is 0 Å². The number of hydrogen-bond donors (Lipinski definition) is 3. The molecule has 0 spiro atoms. The summed E-state index contributed by atoms with van der Waals surface area (Å²) in [6.07, 6.45) is 0.621. The highest BCUT2D eigenvalue weighted by Crippen LogP contribution is 1.81. The first-order valence-corrected chi connectivity index (χ1v) is 4.34. The summed E-state index contributed by atoms with van der Waals surface area (Å²) in [6, 6.07) is 0. The van der Waals surface area contributed by atoms with Crippen LogP contribution in [0, 0.1) is 0 Å². The lowest BCUT2D eigenvalue weighted by atomic mass is 10.4. The van der Waals surface area contributed by atoms with Gasteiger partial charge in [0.2, 0.25) is 0 Å². The molecule has 0 fully saturated rings. The van der Waals surface area contributed by atoms with E-state index in [2.05, 4.69) is 5.32 Å². The van der Waals surface area contributed by atoms with Crippen LogP contribution in [0.3, 0.4) is 0 Å². The first-order valence-electron chi connectivity index (χ1n) is 4.34. The molecule has 74 valence electrons. The lowest BCUT2D eigenvalue weighted by Crippen LogP contribution is -2.26. The Morgan fingerprint density at radius 2 is 2.17 bits per heavy atom. The van der Waals surface area contributed by atoms with E-state index in [1.165, 1.54) is 0 Å². The molecule has 4 nitrogen and oxygen atoms in total. The summed E-state index contributed by atoms with van der Waals surface area (Å²) in [5.74, 6) is 0. The zero-order valence-corrected chi connectivity index (χ0v) is 7.62. The molecule has 0 aromatic carbocycles. The van der Waals surface area contributed by atoms with Crippen LogP contribution in [0.5, 0.6) is 0 Å². The van der Waals surface area contributed by atoms with Gasteiger partial charge in [-0.15, -0.1) is 0 Å². The second-order valence-corrected chi connectivity index (χ2v) is 2.74. The van der Waals surface area contributed by atoms with Gasteiger partial charge < -0.3 is 20.3 Å². The molecule has 0 aliphatic rings. The van der Waals surface area contributed by atoms with E-state index in [1.54, 1.807) is 6.92 Å². The first-order chi connectivity index (χ1) is 5.77. The van der Waals surface area contributed by atoms with Crippen molar-refractivity contribution in [2.24, 2.45) is 0 Å². The van der Waals surface area contributed by atoms with Gasteiger partial charge in [0.1, 0.15) is 0 Å². The molecule has 3 N–H and O–H groups in total. The van der Waals surface area contributed by atoms with Crippen molar-refractivity contribution in [3.8, 4) is 0 Å². The Labute approximate surface area is 73.5 Å². The second kappa shape index (κ2) is 8.93. The van der Waals surface area contributed by atoms with Crippen molar-refractivity contribution in [3.63, 3.8) is 0 Å². The molecule has 4 heteroatoms. The van der Waals surface area contributed by atoms with E-state index in [0.717, 1.165) is 13.0 Å². The second-order valence-electron chi connectivity index (χ2n) is 2.74. The summed E-state index contributed by atoms with van der Waals surface area (Å²) in [7, 11) is 0. The van der Waals surface area contributed by atoms with Crippen molar-refractivity contribution >= 4 is 0 Å². The number of aliphatic hydroxyl groups excluding tert-OH is 2. The van der Waals surface area contributed by atoms with Gasteiger partial charge in [0.15, 0.2) is 0 Å². The fourth-order valence-electron chi connectivity index (χ4n) is 0.777. The number of aliphatic hydroxyl groups is 2. The quantitative estimate of drug-likeness (QED) is 0.431. The van der Waals surface area contributed by atoms with Gasteiger partial charge in [0.25, 0.3) is 0 Å². The van der Waals surface area contributed by atoms with Gasteiger partial charge in [-0.1, -0.05) is 0 Å². The molecule has 0 radical (unpaired) electrons. The van der Waals surface area contributed by atoms with Gasteiger partial charge in [-0.2, -0.15) is 0 Å². The molecule has 0 aromatic heterocycles. The van der Waals surface area contributed by atoms with E-state index in [9.17, 15) is 0 Å². The Morgan fingerprint density at radius 3 is 2.75 bits per heavy atom. The molecule has 0 amide bonds. The van der Waals surface area contributed by atoms with E-state index in [1.807, 2.05) is 0 Å². The van der Waals surface area contributed by atoms with Crippen molar-refractivity contribution in [1.29, 1.82) is 0 Å². The van der Waals surface area contributed by atoms with E-state index >= 15 is 0 Å². The third-order valence-electron chi connectivity index (χ3n) is 1.32. The van der Waals surface area contributed by atoms with Crippen LogP contribution in [0.4, 0.5) is 0 Å². The van der Waals surface area contributed by atoms with Gasteiger partial charge in [-0.05, 0) is 19.9 Å². The summed E-state index contributed by atoms with van der Waals surface area (Å²) in [4.78, 5) is 0. The molecular formula is C8H19NO3. The van der Waals surface area contributed by atoms with Gasteiger partial charge in [-0.3, -0.25) is 0 Å². The normalized spacial score (nSPS) is 13.2. The van der Waals surface area contributed by atoms with Crippen molar-refractivity contribution in [2.45, 2.75) is 19.4 Å². The van der Waals surface area contributed by atoms with Crippen LogP contribution in [0.1, 0.15) is 13.3 Å². The van der Waals surface area contributed by atoms with Crippen molar-refractivity contribution in [1.82, 2.24) is 5.32 Å². The Balaban J connectivity index is 2.82. The molecule has 0 saturated carbocycles. The zero-order valence-electron chi connectivity index (χ0n) is 7.62. The highest BCUT2D eigenvalue weighted by atomic mass is 16.5. The largest absolute Gasteiger partial charge is 0.394 e. The Morgan fingerprint density at radius 1 is 1.42 bits per heavy atom. The average molecular weight is 177 g/mol. The van der Waals surface area contributed by atoms with E-state index in [4.69, 9.17) is 14.9 Å². The van der Waals surface area contributed by atoms with Gasteiger partial charge >= 0.3 is 0 Å². The fraction of sp³-hybridized carbons (Fsp3) is 1.00. The summed E-state index contributed by atoms with van der Waals surface area (Å²) in [5, 5.41) is 20.3. The highest BCUT2D eigenvalue weighted by Gasteiger charge is 1.93. The summed E-state index contributed by atoms with van der Waals surface area (Å²) >= 11 is 0. The molecule has 12 heavy (non-hydrogen) atoms. The van der Waals surface area contributed by atoms with Gasteiger partial charge in [-0.25, -0.2) is 0 Å². The molecule has 0 heterocycles. The van der Waals surface area contributed by atoms with Crippen molar-refractivity contribution in [3.05, 3.63) is 0 Å². The van der Waals surface area contributed by atoms with E-state index < -0.39 is 0 Å². The van der Waals surface area contributed by atoms with E-state index in [-0.39, 0.29) is 12.7 Å². The summed E-state index contributed by atoms with van der Waals surface area (Å²) in [6.45, 7) is 4.37. The molecule has 0 rings (SSSR count). The van der Waals surface area contributed by atoms with Gasteiger partial charge in [0.05, 0.1) is 19.3 Å². The zero-order chi connectivity index (χ0) is 9.23. The highest BCUT2D eigenvalue weighted by molar-refractivity contribution is 4.52. The molecule has 0 saturated heterocycles. The van der Waals surface area contributed by atoms with Crippen LogP contribution in [0.15, 0.2) is 0 Å². The smallest absolute Gasteiger partial charge is 0.0697 e. The van der Waals surface area contributed by atoms with Crippen molar-refractivity contribution in [2.75, 3.05) is 32.9 Å². The molecular weight excluding hydrogens is 158 g/mol. The number of rotatable bonds is 8. The lowest BCUT2D eigenvalue weighted by molar-refractivity contribution is 0.0901. The van der Waals surface area contributed by atoms with Gasteiger partial charge in [0, 0.05) is 13.2 Å². The molecule has 0 bridgehead atoms. The van der Waals surface area contributed by atoms with Crippen LogP contribution < -0.4 is 5.32 Å². The maximum atomic E-state index is 8.87. The maximum Gasteiger partial charge on any atom is 0.0697 e. The standard InChI is InChI=1S/C8H19NO3/c1-8(11)7-9-3-2-5-12-6-4-10/h8-11H,2-7H2,1H3/t8-/m0/s1. The monoisotopic (exact) mass is 177 g/mol. The van der Waals surface area contributed by atoms with Crippen LogP contribution in [0.2, 0.25) is 0 Å². The SMILES string of the molecule is C[C@H](O)CNCCCOCCO. The van der Waals surface area contributed by atoms with Crippen LogP contribution >= 0.6 is 0 Å². The predicted octanol–water partition coefficient (Wildman–Crippen LogP) is -0.644. The minimum Gasteiger partial charge on any atom is -0.394 e. The average Bonchev–Trinajstić information content (AvgIpc) is 2.02. The topological polar surface area (TPSA) is 61.7 Å². The molecule has 0 unspecified atom stereocenters. The maximum absolute atomic E-state index is 8.87. The summed E-state index contributed by atoms with van der Waals surface area (Å²) < 4.78 is 5.04. The number of ether oxygens (including phenoxy) is 1. The van der Waals surface area contributed by atoms with Crippen LogP contribution in [-0.4, -0.2) is 49.2 Å². The van der Waals surface area contributed by atoms with Crippen LogP contribution in [-0.2, 0) is 4.74 Å². The third-order valence-corrected chi connectivity index (χ3v) is 1.32. The minimum absolute atomic E-state index is 0.0844. The Hall–Kier alpha value is -0.160. The van der Waals surface area contributed by atoms with E-state index in [0.29, 0.717) is 19.8 Å². The summed E-state index contributed by atoms with van der Waals surface area (Å²) in [5.41, 5.74) is 0. The lowest BCUT2D eigenvalue weighted by Gasteiger charge is -2.06. The first kappa shape index (κ1) is 11.8. The van der Waals surface area contributed by atoms with Crippen molar-refractivity contribution < 1.29 is 14.9 Å². The fourth-order valence-corrected chi connectivity index (χ4v) is 0.777. The minimum atomic E-state index is -0.289.